The highest BCUT2D eigenvalue weighted by Crippen LogP contribution is 2.31. The van der Waals surface area contributed by atoms with Gasteiger partial charge in [-0.25, -0.2) is 4.98 Å². The number of hydrogen-bond acceptors (Lipinski definition) is 4. The molecule has 1 amide bonds. The third kappa shape index (κ3) is 2.42. The maximum atomic E-state index is 12.3. The zero-order valence-electron chi connectivity index (χ0n) is 13.7. The quantitative estimate of drug-likeness (QED) is 0.787. The van der Waals surface area contributed by atoms with Crippen LogP contribution in [0.1, 0.15) is 32.6 Å². The normalized spacial score (nSPS) is 14.0. The number of aromatic nitrogens is 1. The first-order chi connectivity index (χ1) is 11.6. The Kier molecular flexibility index (Phi) is 3.49. The van der Waals surface area contributed by atoms with Gasteiger partial charge in [0.2, 0.25) is 0 Å². The second kappa shape index (κ2) is 5.67. The van der Waals surface area contributed by atoms with Crippen LogP contribution in [-0.4, -0.2) is 24.0 Å². The molecule has 0 saturated heterocycles. The number of carbonyl (C=O) groups is 1. The lowest BCUT2D eigenvalue weighted by molar-refractivity contribution is 0.0957. The lowest BCUT2D eigenvalue weighted by atomic mass is 9.93. The molecule has 0 radical (unpaired) electrons. The summed E-state index contributed by atoms with van der Waals surface area (Å²) in [7, 11) is 0. The van der Waals surface area contributed by atoms with Crippen LogP contribution in [0.3, 0.4) is 0 Å². The summed E-state index contributed by atoms with van der Waals surface area (Å²) in [5, 5.41) is 2.87. The number of benzene rings is 2. The zero-order valence-corrected chi connectivity index (χ0v) is 13.7. The van der Waals surface area contributed by atoms with E-state index in [1.807, 2.05) is 31.2 Å². The van der Waals surface area contributed by atoms with Crippen LogP contribution in [0.2, 0.25) is 0 Å². The van der Waals surface area contributed by atoms with Crippen molar-refractivity contribution in [1.82, 2.24) is 10.3 Å². The fraction of sp³-hybridized carbons (Fsp3) is 0.263. The van der Waals surface area contributed by atoms with E-state index in [1.165, 1.54) is 6.39 Å². The highest BCUT2D eigenvalue weighted by atomic mass is 16.5. The lowest BCUT2D eigenvalue weighted by Crippen LogP contribution is -2.24. The molecule has 0 atom stereocenters. The molecule has 0 saturated carbocycles. The van der Waals surface area contributed by atoms with Gasteiger partial charge >= 0.3 is 0 Å². The van der Waals surface area contributed by atoms with Crippen LogP contribution in [0.5, 0.6) is 5.75 Å². The van der Waals surface area contributed by atoms with E-state index in [1.54, 1.807) is 0 Å². The number of nitrogens with one attached hydrogen (secondary N) is 1. The van der Waals surface area contributed by atoms with Crippen LogP contribution in [0.4, 0.5) is 0 Å². The molecule has 3 aromatic rings. The first kappa shape index (κ1) is 14.8. The fourth-order valence-corrected chi connectivity index (χ4v) is 3.14. The summed E-state index contributed by atoms with van der Waals surface area (Å²) in [6.45, 7) is 5.12. The van der Waals surface area contributed by atoms with Crippen LogP contribution < -0.4 is 10.1 Å². The van der Waals surface area contributed by atoms with Gasteiger partial charge < -0.3 is 14.5 Å². The number of hydrogen-bond donors (Lipinski definition) is 1. The third-order valence-corrected chi connectivity index (χ3v) is 4.62. The third-order valence-electron chi connectivity index (χ3n) is 4.62. The molecule has 122 valence electrons. The highest BCUT2D eigenvalue weighted by Gasteiger charge is 2.21. The molecule has 2 heterocycles. The molecule has 4 rings (SSSR count). The minimum Gasteiger partial charge on any atom is -0.491 e. The molecule has 0 bridgehead atoms. The Balaban J connectivity index is 1.77. The van der Waals surface area contributed by atoms with E-state index < -0.39 is 0 Å². The van der Waals surface area contributed by atoms with Gasteiger partial charge in [-0.3, -0.25) is 4.79 Å². The molecular formula is C19H18N2O3. The molecule has 0 unspecified atom stereocenters. The average molecular weight is 322 g/mol. The Morgan fingerprint density at radius 1 is 1.21 bits per heavy atom. The first-order valence-corrected chi connectivity index (χ1v) is 7.99. The van der Waals surface area contributed by atoms with Gasteiger partial charge in [0, 0.05) is 0 Å². The Bertz CT molecular complexity index is 943. The van der Waals surface area contributed by atoms with Crippen LogP contribution in [-0.2, 0) is 6.42 Å². The number of amides is 1. The summed E-state index contributed by atoms with van der Waals surface area (Å²) >= 11 is 0. The molecule has 0 aliphatic carbocycles. The van der Waals surface area contributed by atoms with Crippen molar-refractivity contribution < 1.29 is 13.9 Å². The van der Waals surface area contributed by atoms with Crippen LogP contribution in [0.15, 0.2) is 35.1 Å². The van der Waals surface area contributed by atoms with Crippen molar-refractivity contribution in [2.45, 2.75) is 20.3 Å². The maximum Gasteiger partial charge on any atom is 0.255 e. The van der Waals surface area contributed by atoms with E-state index in [2.05, 4.69) is 17.2 Å². The SMILES string of the molecule is Cc1c(Cc2ccc3ncoc3c2)cc2c(c1C)OCCNC2=O. The largest absolute Gasteiger partial charge is 0.491 e. The van der Waals surface area contributed by atoms with E-state index in [4.69, 9.17) is 9.15 Å². The molecule has 0 spiro atoms. The van der Waals surface area contributed by atoms with Gasteiger partial charge in [-0.2, -0.15) is 0 Å². The molecule has 1 aliphatic rings. The molecule has 5 nitrogen and oxygen atoms in total. The van der Waals surface area contributed by atoms with Crippen molar-refractivity contribution in [2.24, 2.45) is 0 Å². The Morgan fingerprint density at radius 3 is 2.96 bits per heavy atom. The summed E-state index contributed by atoms with van der Waals surface area (Å²) in [5.41, 5.74) is 6.66. The van der Waals surface area contributed by atoms with E-state index in [9.17, 15) is 4.79 Å². The topological polar surface area (TPSA) is 64.4 Å². The standard InChI is InChI=1S/C19H18N2O3/c1-11-12(2)18-15(19(22)20-5-6-23-18)9-14(11)7-13-3-4-16-17(8-13)24-10-21-16/h3-4,8-10H,5-7H2,1-2H3,(H,20,22). The Morgan fingerprint density at radius 2 is 2.08 bits per heavy atom. The van der Waals surface area contributed by atoms with Crippen molar-refractivity contribution in [1.29, 1.82) is 0 Å². The van der Waals surface area contributed by atoms with E-state index in [-0.39, 0.29) is 5.91 Å². The van der Waals surface area contributed by atoms with Gasteiger partial charge in [-0.15, -0.1) is 0 Å². The number of oxazole rings is 1. The summed E-state index contributed by atoms with van der Waals surface area (Å²) in [4.78, 5) is 16.4. The van der Waals surface area contributed by atoms with Crippen LogP contribution in [0.25, 0.3) is 11.1 Å². The van der Waals surface area contributed by atoms with Crippen LogP contribution in [0, 0.1) is 13.8 Å². The predicted molar refractivity (Wildman–Crippen MR) is 90.6 cm³/mol. The monoisotopic (exact) mass is 322 g/mol. The van der Waals surface area contributed by atoms with Gasteiger partial charge in [0.05, 0.1) is 12.1 Å². The number of carbonyl (C=O) groups excluding carboxylic acids is 1. The second-order valence-electron chi connectivity index (χ2n) is 6.10. The van der Waals surface area contributed by atoms with E-state index in [0.717, 1.165) is 39.8 Å². The molecule has 5 heteroatoms. The van der Waals surface area contributed by atoms with Crippen LogP contribution >= 0.6 is 0 Å². The molecule has 24 heavy (non-hydrogen) atoms. The average Bonchev–Trinajstić information content (AvgIpc) is 2.96. The number of rotatable bonds is 2. The summed E-state index contributed by atoms with van der Waals surface area (Å²) in [6.07, 6.45) is 2.18. The van der Waals surface area contributed by atoms with Gasteiger partial charge in [0.15, 0.2) is 12.0 Å². The lowest BCUT2D eigenvalue weighted by Gasteiger charge is -2.16. The minimum atomic E-state index is -0.0717. The summed E-state index contributed by atoms with van der Waals surface area (Å²) < 4.78 is 11.2. The Hall–Kier alpha value is -2.82. The minimum absolute atomic E-state index is 0.0717. The predicted octanol–water partition coefficient (Wildman–Crippen LogP) is 3.16. The smallest absolute Gasteiger partial charge is 0.255 e. The molecule has 1 aliphatic heterocycles. The zero-order chi connectivity index (χ0) is 16.7. The second-order valence-corrected chi connectivity index (χ2v) is 6.10. The van der Waals surface area contributed by atoms with Gasteiger partial charge in [-0.1, -0.05) is 6.07 Å². The summed E-state index contributed by atoms with van der Waals surface area (Å²) in [6, 6.07) is 7.94. The van der Waals surface area contributed by atoms with Gasteiger partial charge in [0.25, 0.3) is 5.91 Å². The van der Waals surface area contributed by atoms with Crippen molar-refractivity contribution in [3.63, 3.8) is 0 Å². The van der Waals surface area contributed by atoms with Gasteiger partial charge in [0.1, 0.15) is 17.9 Å². The molecule has 1 N–H and O–H groups in total. The first-order valence-electron chi connectivity index (χ1n) is 7.99. The van der Waals surface area contributed by atoms with E-state index in [0.29, 0.717) is 24.5 Å². The molecule has 2 aromatic carbocycles. The molecule has 0 fully saturated rings. The van der Waals surface area contributed by atoms with E-state index >= 15 is 0 Å². The Labute approximate surface area is 139 Å². The van der Waals surface area contributed by atoms with Crippen molar-refractivity contribution in [2.75, 3.05) is 13.2 Å². The molecule has 1 aromatic heterocycles. The fourth-order valence-electron chi connectivity index (χ4n) is 3.14. The van der Waals surface area contributed by atoms with Crippen molar-refractivity contribution in [3.8, 4) is 5.75 Å². The van der Waals surface area contributed by atoms with Crippen molar-refractivity contribution in [3.05, 3.63) is 58.5 Å². The van der Waals surface area contributed by atoms with Crippen molar-refractivity contribution >= 4 is 17.0 Å². The molecular weight excluding hydrogens is 304 g/mol. The highest BCUT2D eigenvalue weighted by molar-refractivity contribution is 5.98. The maximum absolute atomic E-state index is 12.3. The summed E-state index contributed by atoms with van der Waals surface area (Å²) in [5.74, 6) is 0.634. The number of nitrogens with zero attached hydrogens (tertiary/aromatic N) is 1. The van der Waals surface area contributed by atoms with Gasteiger partial charge in [-0.05, 0) is 60.7 Å². The number of ether oxygens (including phenoxy) is 1. The number of fused-ring (bicyclic) bond motifs is 2.